The van der Waals surface area contributed by atoms with Crippen LogP contribution in [-0.4, -0.2) is 17.9 Å². The number of hydrogen-bond donors (Lipinski definition) is 0. The van der Waals surface area contributed by atoms with Crippen LogP contribution in [-0.2, 0) is 9.53 Å². The number of rotatable bonds is 6. The van der Waals surface area contributed by atoms with Crippen LogP contribution in [0.5, 0.6) is 0 Å². The Morgan fingerprint density at radius 2 is 1.81 bits per heavy atom. The lowest BCUT2D eigenvalue weighted by Gasteiger charge is -2.23. The van der Waals surface area contributed by atoms with Crippen molar-refractivity contribution in [3.05, 3.63) is 35.9 Å². The van der Waals surface area contributed by atoms with E-state index >= 15 is 0 Å². The molecule has 1 aliphatic carbocycles. The molecule has 0 N–H and O–H groups in total. The molecule has 0 heterocycles. The number of ketones is 1. The normalized spacial score (nSPS) is 17.2. The van der Waals surface area contributed by atoms with Crippen LogP contribution < -0.4 is 0 Å². The fourth-order valence-corrected chi connectivity index (χ4v) is 2.87. The highest BCUT2D eigenvalue weighted by atomic mass is 16.5. The van der Waals surface area contributed by atoms with Crippen LogP contribution in [0.25, 0.3) is 0 Å². The molecule has 0 amide bonds. The van der Waals surface area contributed by atoms with E-state index in [1.807, 2.05) is 25.1 Å². The molecule has 1 aliphatic rings. The maximum atomic E-state index is 12.5. The number of carbonyl (C=O) groups excluding carboxylic acids is 2. The van der Waals surface area contributed by atoms with Crippen LogP contribution in [0.15, 0.2) is 30.3 Å². The van der Waals surface area contributed by atoms with E-state index in [4.69, 9.17) is 4.74 Å². The van der Waals surface area contributed by atoms with E-state index in [2.05, 4.69) is 0 Å². The molecular weight excluding hydrogens is 264 g/mol. The number of benzene rings is 1. The third-order valence-corrected chi connectivity index (χ3v) is 4.10. The van der Waals surface area contributed by atoms with Gasteiger partial charge < -0.3 is 4.74 Å². The molecule has 21 heavy (non-hydrogen) atoms. The van der Waals surface area contributed by atoms with E-state index in [9.17, 15) is 9.59 Å². The summed E-state index contributed by atoms with van der Waals surface area (Å²) in [6, 6.07) is 9.09. The van der Waals surface area contributed by atoms with Crippen molar-refractivity contribution in [3.63, 3.8) is 0 Å². The fraction of sp³-hybridized carbons (Fsp3) is 0.556. The zero-order valence-electron chi connectivity index (χ0n) is 12.7. The maximum absolute atomic E-state index is 12.5. The standard InChI is InChI=1S/C18H24O3/c1-2-9-16(17(19)14-10-5-3-6-11-14)21-18(20)15-12-7-4-8-13-15/h3,5-6,10-11,15-16H,2,4,7-9,12-13H2,1H3. The predicted octanol–water partition coefficient (Wildman–Crippen LogP) is 4.16. The van der Waals surface area contributed by atoms with Crippen molar-refractivity contribution in [3.8, 4) is 0 Å². The minimum Gasteiger partial charge on any atom is -0.454 e. The molecule has 1 aromatic carbocycles. The van der Waals surface area contributed by atoms with Gasteiger partial charge in [-0.05, 0) is 19.3 Å². The van der Waals surface area contributed by atoms with Gasteiger partial charge in [0.2, 0.25) is 5.78 Å². The van der Waals surface area contributed by atoms with Crippen LogP contribution >= 0.6 is 0 Å². The van der Waals surface area contributed by atoms with Gasteiger partial charge in [0.05, 0.1) is 5.92 Å². The summed E-state index contributed by atoms with van der Waals surface area (Å²) in [7, 11) is 0. The van der Waals surface area contributed by atoms with Crippen molar-refractivity contribution in [2.24, 2.45) is 5.92 Å². The number of hydrogen-bond acceptors (Lipinski definition) is 3. The Balaban J connectivity index is 2.01. The molecule has 2 rings (SSSR count). The van der Waals surface area contributed by atoms with Gasteiger partial charge in [0.25, 0.3) is 0 Å². The third-order valence-electron chi connectivity index (χ3n) is 4.10. The Labute approximate surface area is 126 Å². The lowest BCUT2D eigenvalue weighted by Crippen LogP contribution is -2.31. The fourth-order valence-electron chi connectivity index (χ4n) is 2.87. The minimum absolute atomic E-state index is 0.0123. The molecule has 1 saturated carbocycles. The molecular formula is C18H24O3. The number of esters is 1. The second kappa shape index (κ2) is 7.96. The summed E-state index contributed by atoms with van der Waals surface area (Å²) in [6.07, 6.45) is 5.95. The highest BCUT2D eigenvalue weighted by Crippen LogP contribution is 2.26. The smallest absolute Gasteiger partial charge is 0.309 e. The van der Waals surface area contributed by atoms with Gasteiger partial charge in [-0.25, -0.2) is 0 Å². The van der Waals surface area contributed by atoms with E-state index in [1.165, 1.54) is 6.42 Å². The van der Waals surface area contributed by atoms with E-state index in [0.717, 1.165) is 32.1 Å². The number of Topliss-reactive ketones (excluding diaryl/α,β-unsaturated/α-hetero) is 1. The Kier molecular flexibility index (Phi) is 5.97. The average molecular weight is 288 g/mol. The molecule has 3 heteroatoms. The summed E-state index contributed by atoms with van der Waals surface area (Å²) in [4.78, 5) is 24.7. The zero-order valence-corrected chi connectivity index (χ0v) is 12.7. The quantitative estimate of drug-likeness (QED) is 0.583. The van der Waals surface area contributed by atoms with Gasteiger partial charge in [-0.15, -0.1) is 0 Å². The Morgan fingerprint density at radius 3 is 2.43 bits per heavy atom. The van der Waals surface area contributed by atoms with Crippen LogP contribution in [0, 0.1) is 5.92 Å². The second-order valence-electron chi connectivity index (χ2n) is 5.78. The molecule has 1 aromatic rings. The molecule has 3 nitrogen and oxygen atoms in total. The van der Waals surface area contributed by atoms with Crippen molar-refractivity contribution in [2.45, 2.75) is 58.0 Å². The van der Waals surface area contributed by atoms with Crippen molar-refractivity contribution >= 4 is 11.8 Å². The topological polar surface area (TPSA) is 43.4 Å². The first-order valence-electron chi connectivity index (χ1n) is 8.02. The number of carbonyl (C=O) groups is 2. The van der Waals surface area contributed by atoms with Crippen molar-refractivity contribution in [1.29, 1.82) is 0 Å². The second-order valence-corrected chi connectivity index (χ2v) is 5.78. The highest BCUT2D eigenvalue weighted by Gasteiger charge is 2.28. The summed E-state index contributed by atoms with van der Waals surface area (Å²) in [5.74, 6) is -0.277. The Hall–Kier alpha value is -1.64. The van der Waals surface area contributed by atoms with Gasteiger partial charge in [-0.3, -0.25) is 9.59 Å². The van der Waals surface area contributed by atoms with Crippen molar-refractivity contribution in [2.75, 3.05) is 0 Å². The van der Waals surface area contributed by atoms with Crippen LogP contribution in [0.2, 0.25) is 0 Å². The van der Waals surface area contributed by atoms with E-state index in [1.54, 1.807) is 12.1 Å². The first-order valence-corrected chi connectivity index (χ1v) is 8.02. The molecule has 1 unspecified atom stereocenters. The molecule has 0 aliphatic heterocycles. The maximum Gasteiger partial charge on any atom is 0.309 e. The molecule has 0 aromatic heterocycles. The van der Waals surface area contributed by atoms with Crippen LogP contribution in [0.4, 0.5) is 0 Å². The van der Waals surface area contributed by atoms with Gasteiger partial charge in [0, 0.05) is 5.56 Å². The third kappa shape index (κ3) is 4.42. The summed E-state index contributed by atoms with van der Waals surface area (Å²) in [5, 5.41) is 0. The Bertz CT molecular complexity index is 461. The molecule has 114 valence electrons. The number of ether oxygens (including phenoxy) is 1. The average Bonchev–Trinajstić information content (AvgIpc) is 2.55. The predicted molar refractivity (Wildman–Crippen MR) is 82.1 cm³/mol. The van der Waals surface area contributed by atoms with Gasteiger partial charge in [0.1, 0.15) is 0 Å². The lowest BCUT2D eigenvalue weighted by molar-refractivity contribution is -0.153. The van der Waals surface area contributed by atoms with Gasteiger partial charge >= 0.3 is 5.97 Å². The Morgan fingerprint density at radius 1 is 1.14 bits per heavy atom. The monoisotopic (exact) mass is 288 g/mol. The minimum atomic E-state index is -0.633. The largest absolute Gasteiger partial charge is 0.454 e. The van der Waals surface area contributed by atoms with Crippen molar-refractivity contribution in [1.82, 2.24) is 0 Å². The van der Waals surface area contributed by atoms with Crippen LogP contribution in [0.3, 0.4) is 0 Å². The zero-order chi connectivity index (χ0) is 15.1. The lowest BCUT2D eigenvalue weighted by atomic mass is 9.89. The summed E-state index contributed by atoms with van der Waals surface area (Å²) >= 11 is 0. The molecule has 1 atom stereocenters. The van der Waals surface area contributed by atoms with Gasteiger partial charge in [0.15, 0.2) is 6.10 Å². The van der Waals surface area contributed by atoms with Gasteiger partial charge in [-0.2, -0.15) is 0 Å². The molecule has 0 radical (unpaired) electrons. The first kappa shape index (κ1) is 15.7. The van der Waals surface area contributed by atoms with E-state index in [0.29, 0.717) is 12.0 Å². The van der Waals surface area contributed by atoms with Gasteiger partial charge in [-0.1, -0.05) is 62.9 Å². The first-order chi connectivity index (χ1) is 10.2. The molecule has 0 saturated heterocycles. The molecule has 0 spiro atoms. The summed E-state index contributed by atoms with van der Waals surface area (Å²) in [5.41, 5.74) is 0.618. The summed E-state index contributed by atoms with van der Waals surface area (Å²) in [6.45, 7) is 2.00. The molecule has 0 bridgehead atoms. The van der Waals surface area contributed by atoms with Crippen LogP contribution in [0.1, 0.15) is 62.2 Å². The van der Waals surface area contributed by atoms with E-state index in [-0.39, 0.29) is 17.7 Å². The SMILES string of the molecule is CCCC(OC(=O)C1CCCCC1)C(=O)c1ccccc1. The van der Waals surface area contributed by atoms with Crippen molar-refractivity contribution < 1.29 is 14.3 Å². The highest BCUT2D eigenvalue weighted by molar-refractivity contribution is 6.00. The summed E-state index contributed by atoms with van der Waals surface area (Å²) < 4.78 is 5.56. The van der Waals surface area contributed by atoms with E-state index < -0.39 is 6.10 Å². The molecule has 1 fully saturated rings.